The second-order valence-corrected chi connectivity index (χ2v) is 10.1. The summed E-state index contributed by atoms with van der Waals surface area (Å²) in [5.74, 6) is -0.0219. The summed E-state index contributed by atoms with van der Waals surface area (Å²) >= 11 is 0. The molecule has 7 heteroatoms. The fourth-order valence-electron chi connectivity index (χ4n) is 5.83. The minimum absolute atomic E-state index is 0.0673. The van der Waals surface area contributed by atoms with Crippen LogP contribution in [-0.2, 0) is 29.0 Å². The number of rotatable bonds is 5. The number of benzene rings is 2. The zero-order valence-electron chi connectivity index (χ0n) is 19.8. The molecule has 178 valence electrons. The van der Waals surface area contributed by atoms with Gasteiger partial charge < -0.3 is 10.6 Å². The van der Waals surface area contributed by atoms with E-state index in [1.165, 1.54) is 28.5 Å². The lowest BCUT2D eigenvalue weighted by Gasteiger charge is -2.39. The van der Waals surface area contributed by atoms with E-state index in [-0.39, 0.29) is 29.8 Å². The first-order valence-corrected chi connectivity index (χ1v) is 12.1. The Hall–Kier alpha value is -3.19. The topological polar surface area (TPSA) is 81.8 Å². The molecule has 2 fully saturated rings. The van der Waals surface area contributed by atoms with Crippen LogP contribution in [0.15, 0.2) is 48.5 Å². The first kappa shape index (κ1) is 22.6. The molecule has 1 aliphatic carbocycles. The van der Waals surface area contributed by atoms with Gasteiger partial charge >= 0.3 is 6.03 Å². The Morgan fingerprint density at radius 3 is 2.24 bits per heavy atom. The number of likely N-dealkylation sites (tertiary alicyclic amines) is 1. The van der Waals surface area contributed by atoms with E-state index in [4.69, 9.17) is 0 Å². The van der Waals surface area contributed by atoms with Crippen LogP contribution < -0.4 is 10.6 Å². The quantitative estimate of drug-likeness (QED) is 0.671. The van der Waals surface area contributed by atoms with E-state index in [1.807, 2.05) is 43.3 Å². The average molecular weight is 461 g/mol. The molecule has 2 aromatic rings. The Kier molecular flexibility index (Phi) is 5.90. The summed E-state index contributed by atoms with van der Waals surface area (Å²) in [6.45, 7) is 6.01. The molecule has 0 saturated carbocycles. The fraction of sp³-hybridized carbons (Fsp3) is 0.444. The summed E-state index contributed by atoms with van der Waals surface area (Å²) in [6.07, 6.45) is 3.21. The van der Waals surface area contributed by atoms with Crippen LogP contribution in [-0.4, -0.2) is 52.3 Å². The van der Waals surface area contributed by atoms with E-state index in [9.17, 15) is 14.4 Å². The SMILES string of the molecule is CC(=O)Nc1ccc(CN2CCC([C@]3(C)NC(=O)N(C4Cc5ccccc5C4)C3=O)CC2)cc1. The molecule has 0 unspecified atom stereocenters. The van der Waals surface area contributed by atoms with Crippen LogP contribution in [0.1, 0.15) is 43.4 Å². The Labute approximate surface area is 200 Å². The number of carbonyl (C=O) groups excluding carboxylic acids is 3. The van der Waals surface area contributed by atoms with Crippen molar-refractivity contribution in [2.75, 3.05) is 18.4 Å². The predicted octanol–water partition coefficient (Wildman–Crippen LogP) is 3.33. The van der Waals surface area contributed by atoms with Crippen LogP contribution in [0.3, 0.4) is 0 Å². The van der Waals surface area contributed by atoms with E-state index in [2.05, 4.69) is 27.7 Å². The lowest BCUT2D eigenvalue weighted by molar-refractivity contribution is -0.134. The third-order valence-electron chi connectivity index (χ3n) is 7.73. The first-order valence-electron chi connectivity index (χ1n) is 12.1. The van der Waals surface area contributed by atoms with Crippen LogP contribution in [0.2, 0.25) is 0 Å². The summed E-state index contributed by atoms with van der Waals surface area (Å²) in [6, 6.07) is 15.8. The number of hydrogen-bond donors (Lipinski definition) is 2. The molecule has 0 bridgehead atoms. The summed E-state index contributed by atoms with van der Waals surface area (Å²) in [7, 11) is 0. The highest BCUT2D eigenvalue weighted by atomic mass is 16.2. The molecule has 2 aromatic carbocycles. The van der Waals surface area contributed by atoms with Gasteiger partial charge in [0.05, 0.1) is 0 Å². The highest BCUT2D eigenvalue weighted by Crippen LogP contribution is 2.36. The molecule has 5 rings (SSSR count). The van der Waals surface area contributed by atoms with Crippen LogP contribution in [0.4, 0.5) is 10.5 Å². The number of nitrogens with zero attached hydrogens (tertiary/aromatic N) is 2. The lowest BCUT2D eigenvalue weighted by atomic mass is 9.78. The van der Waals surface area contributed by atoms with E-state index >= 15 is 0 Å². The van der Waals surface area contributed by atoms with E-state index in [0.29, 0.717) is 0 Å². The number of carbonyl (C=O) groups is 3. The predicted molar refractivity (Wildman–Crippen MR) is 130 cm³/mol. The van der Waals surface area contributed by atoms with E-state index in [1.54, 1.807) is 0 Å². The van der Waals surface area contributed by atoms with Crippen LogP contribution in [0.5, 0.6) is 0 Å². The Bertz CT molecular complexity index is 1080. The van der Waals surface area contributed by atoms with Gasteiger partial charge in [-0.25, -0.2) is 4.79 Å². The highest BCUT2D eigenvalue weighted by molar-refractivity contribution is 6.07. The Balaban J connectivity index is 1.19. The molecule has 34 heavy (non-hydrogen) atoms. The van der Waals surface area contributed by atoms with E-state index in [0.717, 1.165) is 51.0 Å². The van der Waals surface area contributed by atoms with Gasteiger partial charge in [-0.3, -0.25) is 19.4 Å². The molecule has 1 atom stereocenters. The van der Waals surface area contributed by atoms with Crippen molar-refractivity contribution < 1.29 is 14.4 Å². The Morgan fingerprint density at radius 2 is 1.65 bits per heavy atom. The number of amides is 4. The van der Waals surface area contributed by atoms with Crippen molar-refractivity contribution in [2.45, 2.75) is 57.7 Å². The maximum atomic E-state index is 13.6. The molecule has 2 N–H and O–H groups in total. The van der Waals surface area contributed by atoms with Crippen molar-refractivity contribution in [3.05, 3.63) is 65.2 Å². The molecule has 2 heterocycles. The summed E-state index contributed by atoms with van der Waals surface area (Å²) < 4.78 is 0. The van der Waals surface area contributed by atoms with Gasteiger partial charge in [-0.15, -0.1) is 0 Å². The van der Waals surface area contributed by atoms with Crippen LogP contribution >= 0.6 is 0 Å². The number of anilines is 1. The molecular formula is C27H32N4O3. The Morgan fingerprint density at radius 1 is 1.03 bits per heavy atom. The fourth-order valence-corrected chi connectivity index (χ4v) is 5.83. The van der Waals surface area contributed by atoms with Crippen molar-refractivity contribution in [3.63, 3.8) is 0 Å². The minimum Gasteiger partial charge on any atom is -0.326 e. The van der Waals surface area contributed by atoms with Gasteiger partial charge in [-0.2, -0.15) is 0 Å². The van der Waals surface area contributed by atoms with Crippen molar-refractivity contribution >= 4 is 23.5 Å². The molecule has 7 nitrogen and oxygen atoms in total. The van der Waals surface area contributed by atoms with Gasteiger partial charge in [0, 0.05) is 25.2 Å². The average Bonchev–Trinajstić information content (AvgIpc) is 3.33. The molecule has 2 aliphatic heterocycles. The van der Waals surface area contributed by atoms with Gasteiger partial charge in [0.15, 0.2) is 0 Å². The number of imide groups is 1. The number of fused-ring (bicyclic) bond motifs is 1. The monoisotopic (exact) mass is 460 g/mol. The standard InChI is InChI=1S/C27H32N4O3/c1-18(32)28-23-9-7-19(8-10-23)17-30-13-11-22(12-14-30)27(2)25(33)31(26(34)29-27)24-15-20-5-3-4-6-21(20)16-24/h3-10,22,24H,11-17H2,1-2H3,(H,28,32)(H,29,34)/t27-/m0/s1. The molecule has 0 spiro atoms. The molecule has 2 saturated heterocycles. The van der Waals surface area contributed by atoms with Gasteiger partial charge in [0.2, 0.25) is 5.91 Å². The number of hydrogen-bond acceptors (Lipinski definition) is 4. The summed E-state index contributed by atoms with van der Waals surface area (Å²) in [4.78, 5) is 41.6. The molecule has 0 aromatic heterocycles. The highest BCUT2D eigenvalue weighted by Gasteiger charge is 2.55. The van der Waals surface area contributed by atoms with Crippen LogP contribution in [0, 0.1) is 5.92 Å². The van der Waals surface area contributed by atoms with Gasteiger partial charge in [0.25, 0.3) is 5.91 Å². The normalized spacial score (nSPS) is 23.8. The largest absolute Gasteiger partial charge is 0.326 e. The molecule has 0 radical (unpaired) electrons. The number of nitrogens with one attached hydrogen (secondary N) is 2. The van der Waals surface area contributed by atoms with Crippen molar-refractivity contribution in [2.24, 2.45) is 5.92 Å². The number of piperidine rings is 1. The van der Waals surface area contributed by atoms with Gasteiger partial charge in [-0.05, 0) is 80.4 Å². The second kappa shape index (κ2) is 8.87. The zero-order chi connectivity index (χ0) is 23.9. The smallest absolute Gasteiger partial charge is 0.325 e. The molecule has 4 amide bonds. The van der Waals surface area contributed by atoms with Crippen molar-refractivity contribution in [3.8, 4) is 0 Å². The maximum Gasteiger partial charge on any atom is 0.325 e. The molecular weight excluding hydrogens is 428 g/mol. The summed E-state index contributed by atoms with van der Waals surface area (Å²) in [5.41, 5.74) is 3.63. The van der Waals surface area contributed by atoms with Crippen LogP contribution in [0.25, 0.3) is 0 Å². The molecule has 3 aliphatic rings. The van der Waals surface area contributed by atoms with E-state index < -0.39 is 5.54 Å². The third kappa shape index (κ3) is 4.20. The van der Waals surface area contributed by atoms with Gasteiger partial charge in [0.1, 0.15) is 5.54 Å². The summed E-state index contributed by atoms with van der Waals surface area (Å²) in [5, 5.41) is 5.86. The minimum atomic E-state index is -0.835. The lowest BCUT2D eigenvalue weighted by Crippen LogP contribution is -2.54. The second-order valence-electron chi connectivity index (χ2n) is 10.1. The van der Waals surface area contributed by atoms with Crippen molar-refractivity contribution in [1.29, 1.82) is 0 Å². The first-order chi connectivity index (χ1) is 16.3. The zero-order valence-corrected chi connectivity index (χ0v) is 19.8. The number of urea groups is 1. The third-order valence-corrected chi connectivity index (χ3v) is 7.73. The van der Waals surface area contributed by atoms with Gasteiger partial charge in [-0.1, -0.05) is 36.4 Å². The maximum absolute atomic E-state index is 13.6. The van der Waals surface area contributed by atoms with Crippen molar-refractivity contribution in [1.82, 2.24) is 15.1 Å².